The molecule has 1 fully saturated rings. The van der Waals surface area contributed by atoms with Crippen molar-refractivity contribution in [2.75, 3.05) is 11.4 Å². The summed E-state index contributed by atoms with van der Waals surface area (Å²) in [4.78, 5) is 21.5. The number of alkyl halides is 3. The van der Waals surface area contributed by atoms with E-state index in [0.29, 0.717) is 36.6 Å². The Hall–Kier alpha value is -3.14. The van der Waals surface area contributed by atoms with E-state index in [4.69, 9.17) is 10.5 Å². The number of aromatic nitrogens is 2. The fourth-order valence-corrected chi connectivity index (χ4v) is 5.39. The molecule has 6 nitrogen and oxygen atoms in total. The van der Waals surface area contributed by atoms with Crippen LogP contribution in [0.5, 0.6) is 11.6 Å². The third kappa shape index (κ3) is 5.42. The van der Waals surface area contributed by atoms with Gasteiger partial charge in [0.15, 0.2) is 5.69 Å². The van der Waals surface area contributed by atoms with Crippen molar-refractivity contribution in [2.45, 2.75) is 57.7 Å². The number of pyridine rings is 1. The van der Waals surface area contributed by atoms with E-state index < -0.39 is 23.8 Å². The van der Waals surface area contributed by atoms with E-state index in [-0.39, 0.29) is 21.8 Å². The molecular formula is C25H27F3N4O2S. The second-order valence-corrected chi connectivity index (χ2v) is 10.6. The predicted octanol–water partition coefficient (Wildman–Crippen LogP) is 5.69. The van der Waals surface area contributed by atoms with Crippen LogP contribution in [0.15, 0.2) is 42.6 Å². The molecule has 0 aliphatic carbocycles. The van der Waals surface area contributed by atoms with Crippen molar-refractivity contribution >= 4 is 22.2 Å². The standard InChI is InChI=1S/C25H27F3N4O2S/c1-24(2,3)16-9-4-5-11-18(16)34-22-15(8-6-12-30-22)14-19-31-20(25(26,27)28)23(35-19)32-13-7-10-17(32)21(29)33/h4-6,8-9,11-12,17H,7,10,13-14H2,1-3H3,(H2,29,33)/t17-/m0/s1. The van der Waals surface area contributed by atoms with Crippen LogP contribution in [0.2, 0.25) is 0 Å². The number of ether oxygens (including phenoxy) is 1. The fraction of sp³-hybridized carbons (Fsp3) is 0.400. The van der Waals surface area contributed by atoms with Gasteiger partial charge in [-0.15, -0.1) is 11.3 Å². The molecule has 186 valence electrons. The molecule has 10 heteroatoms. The smallest absolute Gasteiger partial charge is 0.436 e. The number of halogens is 3. The molecule has 1 atom stereocenters. The number of hydrogen-bond acceptors (Lipinski definition) is 6. The van der Waals surface area contributed by atoms with E-state index in [2.05, 4.69) is 30.7 Å². The van der Waals surface area contributed by atoms with Gasteiger partial charge in [-0.1, -0.05) is 45.0 Å². The normalized spacial score (nSPS) is 16.5. The van der Waals surface area contributed by atoms with Crippen molar-refractivity contribution in [1.29, 1.82) is 0 Å². The fourth-order valence-electron chi connectivity index (χ4n) is 4.21. The van der Waals surface area contributed by atoms with Crippen LogP contribution in [0.4, 0.5) is 18.2 Å². The van der Waals surface area contributed by atoms with Gasteiger partial charge in [-0.05, 0) is 30.4 Å². The molecule has 35 heavy (non-hydrogen) atoms. The Balaban J connectivity index is 1.68. The molecule has 1 aliphatic rings. The predicted molar refractivity (Wildman–Crippen MR) is 129 cm³/mol. The van der Waals surface area contributed by atoms with E-state index in [1.807, 2.05) is 24.3 Å². The van der Waals surface area contributed by atoms with Gasteiger partial charge in [-0.3, -0.25) is 4.79 Å². The lowest BCUT2D eigenvalue weighted by molar-refractivity contribution is -0.140. The monoisotopic (exact) mass is 504 g/mol. The summed E-state index contributed by atoms with van der Waals surface area (Å²) in [6.07, 6.45) is -1.97. The minimum absolute atomic E-state index is 0.0711. The number of nitrogens with two attached hydrogens (primary N) is 1. The number of hydrogen-bond donors (Lipinski definition) is 1. The SMILES string of the molecule is CC(C)(C)c1ccccc1Oc1ncccc1Cc1nc(C(F)(F)F)c(N2CCC[C@H]2C(N)=O)s1. The molecule has 4 rings (SSSR count). The Morgan fingerprint density at radius 2 is 1.94 bits per heavy atom. The lowest BCUT2D eigenvalue weighted by Gasteiger charge is -2.23. The largest absolute Gasteiger partial charge is 0.438 e. The molecule has 1 amide bonds. The number of anilines is 1. The van der Waals surface area contributed by atoms with Crippen LogP contribution in [0.3, 0.4) is 0 Å². The summed E-state index contributed by atoms with van der Waals surface area (Å²) < 4.78 is 47.8. The van der Waals surface area contributed by atoms with Gasteiger partial charge < -0.3 is 15.4 Å². The maximum Gasteiger partial charge on any atom is 0.436 e. The maximum atomic E-state index is 13.9. The van der Waals surface area contributed by atoms with Gasteiger partial charge in [-0.25, -0.2) is 9.97 Å². The number of rotatable bonds is 6. The van der Waals surface area contributed by atoms with Gasteiger partial charge in [0.2, 0.25) is 11.8 Å². The molecule has 2 N–H and O–H groups in total. The number of nitrogens with zero attached hydrogens (tertiary/aromatic N) is 3. The van der Waals surface area contributed by atoms with Crippen LogP contribution < -0.4 is 15.4 Å². The summed E-state index contributed by atoms with van der Waals surface area (Å²) in [6, 6.07) is 10.3. The van der Waals surface area contributed by atoms with Gasteiger partial charge >= 0.3 is 6.18 Å². The van der Waals surface area contributed by atoms with E-state index in [1.54, 1.807) is 18.3 Å². The summed E-state index contributed by atoms with van der Waals surface area (Å²) in [7, 11) is 0. The Labute approximate surface area is 206 Å². The topological polar surface area (TPSA) is 81.3 Å². The highest BCUT2D eigenvalue weighted by Gasteiger charge is 2.42. The molecule has 1 saturated heterocycles. The van der Waals surface area contributed by atoms with Crippen molar-refractivity contribution in [2.24, 2.45) is 5.73 Å². The zero-order valence-corrected chi connectivity index (χ0v) is 20.5. The minimum atomic E-state index is -4.66. The van der Waals surface area contributed by atoms with Gasteiger partial charge in [0.05, 0.1) is 5.01 Å². The summed E-state index contributed by atoms with van der Waals surface area (Å²) in [6.45, 7) is 6.54. The molecule has 0 spiro atoms. The molecule has 3 aromatic rings. The Bertz CT molecular complexity index is 1220. The van der Waals surface area contributed by atoms with Gasteiger partial charge in [0.25, 0.3) is 0 Å². The third-order valence-electron chi connectivity index (χ3n) is 5.86. The molecule has 0 saturated carbocycles. The van der Waals surface area contributed by atoms with Crippen LogP contribution in [0.1, 0.15) is 55.4 Å². The molecule has 1 aliphatic heterocycles. The highest BCUT2D eigenvalue weighted by molar-refractivity contribution is 7.16. The van der Waals surface area contributed by atoms with Crippen LogP contribution in [-0.2, 0) is 22.8 Å². The average Bonchev–Trinajstić information content (AvgIpc) is 3.42. The first kappa shape index (κ1) is 25.0. The quantitative estimate of drug-likeness (QED) is 0.466. The van der Waals surface area contributed by atoms with Crippen LogP contribution in [-0.4, -0.2) is 28.5 Å². The Morgan fingerprint density at radius 3 is 2.63 bits per heavy atom. The van der Waals surface area contributed by atoms with Crippen molar-refractivity contribution in [3.63, 3.8) is 0 Å². The first-order valence-electron chi connectivity index (χ1n) is 11.3. The van der Waals surface area contributed by atoms with E-state index in [0.717, 1.165) is 16.9 Å². The van der Waals surface area contributed by atoms with E-state index >= 15 is 0 Å². The van der Waals surface area contributed by atoms with Gasteiger partial charge in [0, 0.05) is 30.3 Å². The van der Waals surface area contributed by atoms with Crippen molar-refractivity contribution in [3.8, 4) is 11.6 Å². The lowest BCUT2D eigenvalue weighted by atomic mass is 9.86. The van der Waals surface area contributed by atoms with Crippen LogP contribution in [0, 0.1) is 0 Å². The second-order valence-electron chi connectivity index (χ2n) is 9.51. The Kier molecular flexibility index (Phi) is 6.77. The zero-order valence-electron chi connectivity index (χ0n) is 19.7. The number of carbonyl (C=O) groups is 1. The molecule has 0 bridgehead atoms. The highest BCUT2D eigenvalue weighted by atomic mass is 32.1. The molecular weight excluding hydrogens is 477 g/mol. The lowest BCUT2D eigenvalue weighted by Crippen LogP contribution is -2.40. The number of benzene rings is 1. The molecule has 1 aromatic carbocycles. The summed E-state index contributed by atoms with van der Waals surface area (Å²) >= 11 is 0.926. The van der Waals surface area contributed by atoms with Crippen molar-refractivity contribution < 1.29 is 22.7 Å². The number of para-hydroxylation sites is 1. The second kappa shape index (κ2) is 9.49. The highest BCUT2D eigenvalue weighted by Crippen LogP contribution is 2.43. The number of thiazole rings is 1. The number of amides is 1. The van der Waals surface area contributed by atoms with Gasteiger partial charge in [0.1, 0.15) is 16.8 Å². The first-order valence-corrected chi connectivity index (χ1v) is 12.1. The molecule has 0 unspecified atom stereocenters. The Morgan fingerprint density at radius 1 is 1.20 bits per heavy atom. The molecule has 2 aromatic heterocycles. The van der Waals surface area contributed by atoms with Gasteiger partial charge in [-0.2, -0.15) is 13.2 Å². The number of carbonyl (C=O) groups excluding carboxylic acids is 1. The average molecular weight is 505 g/mol. The maximum absolute atomic E-state index is 13.9. The first-order chi connectivity index (χ1) is 16.4. The van der Waals surface area contributed by atoms with E-state index in [9.17, 15) is 18.0 Å². The summed E-state index contributed by atoms with van der Waals surface area (Å²) in [5.41, 5.74) is 5.88. The summed E-state index contributed by atoms with van der Waals surface area (Å²) in [5, 5.41) is 0.183. The number of primary amides is 1. The molecule has 3 heterocycles. The van der Waals surface area contributed by atoms with Crippen molar-refractivity contribution in [1.82, 2.24) is 9.97 Å². The van der Waals surface area contributed by atoms with E-state index in [1.165, 1.54) is 4.90 Å². The van der Waals surface area contributed by atoms with Crippen LogP contribution in [0.25, 0.3) is 0 Å². The molecule has 0 radical (unpaired) electrons. The van der Waals surface area contributed by atoms with Crippen molar-refractivity contribution in [3.05, 3.63) is 64.4 Å². The minimum Gasteiger partial charge on any atom is -0.438 e. The zero-order chi connectivity index (χ0) is 25.4. The van der Waals surface area contributed by atoms with Crippen LogP contribution >= 0.6 is 11.3 Å². The summed E-state index contributed by atoms with van der Waals surface area (Å²) in [5.74, 6) is 0.314. The third-order valence-corrected chi connectivity index (χ3v) is 6.95.